The number of nitrogens with zero attached hydrogens (tertiary/aromatic N) is 1. The molecular formula is C16H23F3N2O2S. The summed E-state index contributed by atoms with van der Waals surface area (Å²) >= 11 is 0. The Morgan fingerprint density at radius 1 is 1.33 bits per heavy atom. The summed E-state index contributed by atoms with van der Waals surface area (Å²) in [5.74, 6) is 0.545. The van der Waals surface area contributed by atoms with Crippen LogP contribution in [0.15, 0.2) is 29.2 Å². The largest absolute Gasteiger partial charge is 0.417 e. The standard InChI is InChI=1S/C16H23F3N2O2S/c1-12-6-5-9-21(11-12)13(2)10-20-24(22,23)15-8-4-3-7-14(15)16(17,18)19/h3-4,7-8,12-13,20H,5-6,9-11H2,1-2H3. The van der Waals surface area contributed by atoms with Crippen LogP contribution in [0.5, 0.6) is 0 Å². The van der Waals surface area contributed by atoms with Gasteiger partial charge in [-0.3, -0.25) is 4.90 Å². The fourth-order valence-electron chi connectivity index (χ4n) is 3.00. The highest BCUT2D eigenvalue weighted by molar-refractivity contribution is 7.89. The van der Waals surface area contributed by atoms with E-state index in [1.165, 1.54) is 12.1 Å². The molecule has 1 heterocycles. The van der Waals surface area contributed by atoms with Crippen molar-refractivity contribution in [2.75, 3.05) is 19.6 Å². The number of piperidine rings is 1. The number of sulfonamides is 1. The second-order valence-corrected chi connectivity index (χ2v) is 8.17. The molecule has 0 aromatic heterocycles. The number of nitrogens with one attached hydrogen (secondary N) is 1. The van der Waals surface area contributed by atoms with E-state index in [-0.39, 0.29) is 12.6 Å². The minimum atomic E-state index is -4.71. The Morgan fingerprint density at radius 3 is 2.62 bits per heavy atom. The van der Waals surface area contributed by atoms with Crippen LogP contribution >= 0.6 is 0 Å². The highest BCUT2D eigenvalue weighted by atomic mass is 32.2. The SMILES string of the molecule is CC1CCCN(C(C)CNS(=O)(=O)c2ccccc2C(F)(F)F)C1. The van der Waals surface area contributed by atoms with Crippen LogP contribution < -0.4 is 4.72 Å². The highest BCUT2D eigenvalue weighted by Crippen LogP contribution is 2.33. The summed E-state index contributed by atoms with van der Waals surface area (Å²) in [6.07, 6.45) is -2.51. The van der Waals surface area contributed by atoms with Crippen molar-refractivity contribution in [3.8, 4) is 0 Å². The average Bonchev–Trinajstić information content (AvgIpc) is 2.52. The zero-order valence-electron chi connectivity index (χ0n) is 13.8. The minimum Gasteiger partial charge on any atom is -0.299 e. The quantitative estimate of drug-likeness (QED) is 0.873. The fraction of sp³-hybridized carbons (Fsp3) is 0.625. The summed E-state index contributed by atoms with van der Waals surface area (Å²) in [7, 11) is -4.22. The van der Waals surface area contributed by atoms with Crippen molar-refractivity contribution in [2.45, 2.75) is 43.8 Å². The predicted octanol–water partition coefficient (Wildman–Crippen LogP) is 3.10. The van der Waals surface area contributed by atoms with E-state index in [0.29, 0.717) is 5.92 Å². The molecule has 4 nitrogen and oxygen atoms in total. The maximum atomic E-state index is 13.0. The molecule has 1 aliphatic rings. The Morgan fingerprint density at radius 2 is 2.00 bits per heavy atom. The van der Waals surface area contributed by atoms with Gasteiger partial charge in [-0.15, -0.1) is 0 Å². The van der Waals surface area contributed by atoms with E-state index in [1.54, 1.807) is 0 Å². The summed E-state index contributed by atoms with van der Waals surface area (Å²) in [5.41, 5.74) is -1.14. The first-order valence-corrected chi connectivity index (χ1v) is 9.49. The Kier molecular flexibility index (Phi) is 5.93. The smallest absolute Gasteiger partial charge is 0.299 e. The molecule has 0 spiro atoms. The molecule has 24 heavy (non-hydrogen) atoms. The maximum absolute atomic E-state index is 13.0. The second kappa shape index (κ2) is 7.41. The molecule has 0 amide bonds. The van der Waals surface area contributed by atoms with Crippen LogP contribution in [0, 0.1) is 5.92 Å². The Bertz CT molecular complexity index is 662. The molecule has 0 saturated carbocycles. The molecule has 1 fully saturated rings. The molecule has 1 aromatic carbocycles. The van der Waals surface area contributed by atoms with Crippen LogP contribution in [0.3, 0.4) is 0 Å². The van der Waals surface area contributed by atoms with Crippen molar-refractivity contribution in [1.29, 1.82) is 0 Å². The van der Waals surface area contributed by atoms with E-state index in [4.69, 9.17) is 0 Å². The number of halogens is 3. The van der Waals surface area contributed by atoms with Gasteiger partial charge in [0.25, 0.3) is 0 Å². The van der Waals surface area contributed by atoms with E-state index in [9.17, 15) is 21.6 Å². The van der Waals surface area contributed by atoms with Crippen LogP contribution in [0.25, 0.3) is 0 Å². The molecule has 0 bridgehead atoms. The zero-order chi connectivity index (χ0) is 18.0. The van der Waals surface area contributed by atoms with E-state index in [1.807, 2.05) is 6.92 Å². The Labute approximate surface area is 141 Å². The molecule has 2 rings (SSSR count). The lowest BCUT2D eigenvalue weighted by atomic mass is 9.99. The topological polar surface area (TPSA) is 49.4 Å². The molecule has 1 N–H and O–H groups in total. The number of hydrogen-bond acceptors (Lipinski definition) is 3. The van der Waals surface area contributed by atoms with Crippen LogP contribution in [0.1, 0.15) is 32.3 Å². The summed E-state index contributed by atoms with van der Waals surface area (Å²) < 4.78 is 66.0. The number of rotatable bonds is 5. The van der Waals surface area contributed by atoms with Gasteiger partial charge in [-0.2, -0.15) is 13.2 Å². The molecule has 0 aliphatic carbocycles. The first-order valence-electron chi connectivity index (χ1n) is 8.01. The highest BCUT2D eigenvalue weighted by Gasteiger charge is 2.37. The Hall–Kier alpha value is -1.12. The van der Waals surface area contributed by atoms with Crippen molar-refractivity contribution in [3.63, 3.8) is 0 Å². The van der Waals surface area contributed by atoms with Crippen molar-refractivity contribution >= 4 is 10.0 Å². The fourth-order valence-corrected chi connectivity index (χ4v) is 4.35. The number of benzene rings is 1. The van der Waals surface area contributed by atoms with Gasteiger partial charge in [0.2, 0.25) is 10.0 Å². The van der Waals surface area contributed by atoms with E-state index in [0.717, 1.165) is 38.1 Å². The molecule has 1 saturated heterocycles. The third-order valence-electron chi connectivity index (χ3n) is 4.36. The molecule has 0 radical (unpaired) electrons. The Balaban J connectivity index is 2.09. The first kappa shape index (κ1) is 19.2. The number of alkyl halides is 3. The zero-order valence-corrected chi connectivity index (χ0v) is 14.6. The minimum absolute atomic E-state index is 0.0689. The molecular weight excluding hydrogens is 341 g/mol. The molecule has 1 aliphatic heterocycles. The van der Waals surface area contributed by atoms with Crippen LogP contribution in [-0.2, 0) is 16.2 Å². The van der Waals surface area contributed by atoms with Gasteiger partial charge in [0, 0.05) is 19.1 Å². The molecule has 8 heteroatoms. The maximum Gasteiger partial charge on any atom is 0.417 e. The van der Waals surface area contributed by atoms with Gasteiger partial charge < -0.3 is 0 Å². The van der Waals surface area contributed by atoms with Crippen LogP contribution in [0.2, 0.25) is 0 Å². The average molecular weight is 364 g/mol. The van der Waals surface area contributed by atoms with Gasteiger partial charge >= 0.3 is 6.18 Å². The van der Waals surface area contributed by atoms with Gasteiger partial charge in [0.05, 0.1) is 10.5 Å². The van der Waals surface area contributed by atoms with Crippen molar-refractivity contribution in [3.05, 3.63) is 29.8 Å². The van der Waals surface area contributed by atoms with E-state index < -0.39 is 26.7 Å². The van der Waals surface area contributed by atoms with Crippen molar-refractivity contribution < 1.29 is 21.6 Å². The summed E-state index contributed by atoms with van der Waals surface area (Å²) in [4.78, 5) is 1.45. The third-order valence-corrected chi connectivity index (χ3v) is 5.84. The second-order valence-electron chi connectivity index (χ2n) is 6.44. The molecule has 2 atom stereocenters. The first-order chi connectivity index (χ1) is 11.1. The lowest BCUT2D eigenvalue weighted by Gasteiger charge is -2.35. The van der Waals surface area contributed by atoms with Gasteiger partial charge in [0.1, 0.15) is 0 Å². The third kappa shape index (κ3) is 4.70. The number of hydrogen-bond donors (Lipinski definition) is 1. The van der Waals surface area contributed by atoms with Crippen LogP contribution in [-0.4, -0.2) is 39.0 Å². The summed E-state index contributed by atoms with van der Waals surface area (Å²) in [6, 6.07) is 4.17. The molecule has 136 valence electrons. The van der Waals surface area contributed by atoms with Gasteiger partial charge in [-0.25, -0.2) is 13.1 Å². The lowest BCUT2D eigenvalue weighted by Crippen LogP contribution is -2.46. The normalized spacial score (nSPS) is 21.6. The van der Waals surface area contributed by atoms with Gasteiger partial charge in [-0.1, -0.05) is 19.1 Å². The van der Waals surface area contributed by atoms with E-state index in [2.05, 4.69) is 16.5 Å². The van der Waals surface area contributed by atoms with Gasteiger partial charge in [0.15, 0.2) is 0 Å². The number of likely N-dealkylation sites (tertiary alicyclic amines) is 1. The van der Waals surface area contributed by atoms with Gasteiger partial charge in [-0.05, 0) is 44.4 Å². The van der Waals surface area contributed by atoms with Crippen molar-refractivity contribution in [2.24, 2.45) is 5.92 Å². The summed E-state index contributed by atoms with van der Waals surface area (Å²) in [6.45, 7) is 5.87. The van der Waals surface area contributed by atoms with Crippen LogP contribution in [0.4, 0.5) is 13.2 Å². The van der Waals surface area contributed by atoms with E-state index >= 15 is 0 Å². The monoisotopic (exact) mass is 364 g/mol. The lowest BCUT2D eigenvalue weighted by molar-refractivity contribution is -0.139. The van der Waals surface area contributed by atoms with Crippen molar-refractivity contribution in [1.82, 2.24) is 9.62 Å². The molecule has 1 aromatic rings. The summed E-state index contributed by atoms with van der Waals surface area (Å²) in [5, 5.41) is 0. The molecule has 2 unspecified atom stereocenters. The predicted molar refractivity (Wildman–Crippen MR) is 86.1 cm³/mol.